The molecule has 2 rings (SSSR count). The maximum atomic E-state index is 6.03. The average Bonchev–Trinajstić information content (AvgIpc) is 2.57. The van der Waals surface area contributed by atoms with E-state index in [4.69, 9.17) is 21.1 Å². The van der Waals surface area contributed by atoms with Crippen LogP contribution in [0.25, 0.3) is 0 Å². The zero-order valence-corrected chi connectivity index (χ0v) is 17.1. The molecule has 0 heterocycles. The molecule has 1 N–H and O–H groups in total. The van der Waals surface area contributed by atoms with Crippen LogP contribution in [0.3, 0.4) is 0 Å². The molecule has 136 valence electrons. The number of halogens is 2. The summed E-state index contributed by atoms with van der Waals surface area (Å²) in [6.07, 6.45) is 1.28. The Bertz CT molecular complexity index is 664. The Hall–Kier alpha value is -1.07. The molecule has 0 saturated heterocycles. The van der Waals surface area contributed by atoms with Crippen molar-refractivity contribution in [1.82, 2.24) is 5.32 Å². The van der Waals surface area contributed by atoms with Crippen LogP contribution < -0.4 is 10.1 Å². The molecule has 0 spiro atoms. The van der Waals surface area contributed by atoms with Crippen molar-refractivity contribution < 1.29 is 9.47 Å². The van der Waals surface area contributed by atoms with E-state index in [0.29, 0.717) is 6.61 Å². The highest BCUT2D eigenvalue weighted by Crippen LogP contribution is 2.24. The second-order valence-corrected chi connectivity index (χ2v) is 7.47. The molecule has 0 saturated carbocycles. The van der Waals surface area contributed by atoms with Crippen LogP contribution in [-0.2, 0) is 17.9 Å². The first-order valence-electron chi connectivity index (χ1n) is 8.52. The molecule has 0 aliphatic rings. The smallest absolute Gasteiger partial charge is 0.124 e. The Labute approximate surface area is 163 Å². The van der Waals surface area contributed by atoms with Gasteiger partial charge in [-0.1, -0.05) is 39.7 Å². The zero-order chi connectivity index (χ0) is 18.1. The molecule has 5 heteroatoms. The molecule has 2 aromatic carbocycles. The van der Waals surface area contributed by atoms with Gasteiger partial charge in [0.15, 0.2) is 0 Å². The van der Waals surface area contributed by atoms with Crippen LogP contribution in [0.5, 0.6) is 5.75 Å². The van der Waals surface area contributed by atoms with Gasteiger partial charge in [-0.15, -0.1) is 0 Å². The standard InChI is InChI=1S/C20H25BrClNO2/c1-15(2)24-10-4-9-23-13-17-12-18(21)7-8-20(17)25-14-16-5-3-6-19(22)11-16/h3,5-8,11-12,15,23H,4,9-10,13-14H2,1-2H3. The Balaban J connectivity index is 1.86. The lowest BCUT2D eigenvalue weighted by Gasteiger charge is -2.13. The average molecular weight is 427 g/mol. The van der Waals surface area contributed by atoms with E-state index in [2.05, 4.69) is 41.2 Å². The molecule has 2 aromatic rings. The van der Waals surface area contributed by atoms with Gasteiger partial charge in [-0.3, -0.25) is 0 Å². The van der Waals surface area contributed by atoms with Gasteiger partial charge in [-0.05, 0) is 62.7 Å². The van der Waals surface area contributed by atoms with Gasteiger partial charge in [0.25, 0.3) is 0 Å². The number of nitrogens with one attached hydrogen (secondary N) is 1. The zero-order valence-electron chi connectivity index (χ0n) is 14.7. The Kier molecular flexibility index (Phi) is 8.76. The van der Waals surface area contributed by atoms with Crippen LogP contribution in [0.1, 0.15) is 31.4 Å². The second-order valence-electron chi connectivity index (χ2n) is 6.12. The van der Waals surface area contributed by atoms with E-state index in [-0.39, 0.29) is 6.10 Å². The van der Waals surface area contributed by atoms with Gasteiger partial charge in [0.2, 0.25) is 0 Å². The molecule has 0 amide bonds. The summed E-state index contributed by atoms with van der Waals surface area (Å²) in [5.41, 5.74) is 2.18. The molecule has 0 atom stereocenters. The van der Waals surface area contributed by atoms with Crippen molar-refractivity contribution in [2.45, 2.75) is 39.5 Å². The minimum absolute atomic E-state index is 0.288. The summed E-state index contributed by atoms with van der Waals surface area (Å²) in [7, 11) is 0. The van der Waals surface area contributed by atoms with Crippen molar-refractivity contribution >= 4 is 27.5 Å². The molecule has 0 aromatic heterocycles. The van der Waals surface area contributed by atoms with Gasteiger partial charge < -0.3 is 14.8 Å². The van der Waals surface area contributed by atoms with Crippen molar-refractivity contribution in [2.75, 3.05) is 13.2 Å². The van der Waals surface area contributed by atoms with E-state index < -0.39 is 0 Å². The fourth-order valence-electron chi connectivity index (χ4n) is 2.35. The van der Waals surface area contributed by atoms with Crippen LogP contribution in [-0.4, -0.2) is 19.3 Å². The monoisotopic (exact) mass is 425 g/mol. The summed E-state index contributed by atoms with van der Waals surface area (Å²) in [5.74, 6) is 0.883. The quantitative estimate of drug-likeness (QED) is 0.503. The first-order valence-corrected chi connectivity index (χ1v) is 9.69. The van der Waals surface area contributed by atoms with E-state index in [1.807, 2.05) is 36.4 Å². The van der Waals surface area contributed by atoms with Gasteiger partial charge in [0, 0.05) is 28.2 Å². The van der Waals surface area contributed by atoms with Crippen molar-refractivity contribution in [3.63, 3.8) is 0 Å². The van der Waals surface area contributed by atoms with Crippen molar-refractivity contribution in [1.29, 1.82) is 0 Å². The van der Waals surface area contributed by atoms with Crippen molar-refractivity contribution in [3.8, 4) is 5.75 Å². The van der Waals surface area contributed by atoms with Gasteiger partial charge >= 0.3 is 0 Å². The summed E-state index contributed by atoms with van der Waals surface area (Å²) in [6.45, 7) is 7.05. The molecular weight excluding hydrogens is 402 g/mol. The molecule has 0 aliphatic heterocycles. The largest absolute Gasteiger partial charge is 0.489 e. The van der Waals surface area contributed by atoms with Crippen LogP contribution >= 0.6 is 27.5 Å². The van der Waals surface area contributed by atoms with E-state index in [0.717, 1.165) is 52.5 Å². The highest BCUT2D eigenvalue weighted by Gasteiger charge is 2.06. The first-order chi connectivity index (χ1) is 12.0. The Morgan fingerprint density at radius 3 is 2.76 bits per heavy atom. The van der Waals surface area contributed by atoms with E-state index >= 15 is 0 Å². The first kappa shape index (κ1) is 20.2. The summed E-state index contributed by atoms with van der Waals surface area (Å²) in [6, 6.07) is 13.8. The number of hydrogen-bond acceptors (Lipinski definition) is 3. The minimum atomic E-state index is 0.288. The highest BCUT2D eigenvalue weighted by molar-refractivity contribution is 9.10. The molecule has 3 nitrogen and oxygen atoms in total. The number of rotatable bonds is 10. The lowest BCUT2D eigenvalue weighted by molar-refractivity contribution is 0.0770. The van der Waals surface area contributed by atoms with Crippen molar-refractivity contribution in [2.24, 2.45) is 0 Å². The number of ether oxygens (including phenoxy) is 2. The minimum Gasteiger partial charge on any atom is -0.489 e. The lowest BCUT2D eigenvalue weighted by atomic mass is 10.2. The third-order valence-corrected chi connectivity index (χ3v) is 4.30. The van der Waals surface area contributed by atoms with Crippen LogP contribution in [0.15, 0.2) is 46.9 Å². The fourth-order valence-corrected chi connectivity index (χ4v) is 2.98. The molecule has 0 unspecified atom stereocenters. The fraction of sp³-hybridized carbons (Fsp3) is 0.400. The Morgan fingerprint density at radius 2 is 2.00 bits per heavy atom. The molecule has 0 bridgehead atoms. The topological polar surface area (TPSA) is 30.5 Å². The number of hydrogen-bond donors (Lipinski definition) is 1. The molecular formula is C20H25BrClNO2. The normalized spacial score (nSPS) is 11.1. The third kappa shape index (κ3) is 7.78. The van der Waals surface area contributed by atoms with Crippen LogP contribution in [0.2, 0.25) is 5.02 Å². The SMILES string of the molecule is CC(C)OCCCNCc1cc(Br)ccc1OCc1cccc(Cl)c1. The van der Waals surface area contributed by atoms with Crippen LogP contribution in [0.4, 0.5) is 0 Å². The van der Waals surface area contributed by atoms with Gasteiger partial charge in [0.1, 0.15) is 12.4 Å². The maximum absolute atomic E-state index is 6.03. The summed E-state index contributed by atoms with van der Waals surface area (Å²) in [5, 5.41) is 4.17. The van der Waals surface area contributed by atoms with Crippen LogP contribution in [0, 0.1) is 0 Å². The van der Waals surface area contributed by atoms with Gasteiger partial charge in [-0.2, -0.15) is 0 Å². The Morgan fingerprint density at radius 1 is 1.16 bits per heavy atom. The van der Waals surface area contributed by atoms with Gasteiger partial charge in [-0.25, -0.2) is 0 Å². The van der Waals surface area contributed by atoms with Crippen molar-refractivity contribution in [3.05, 3.63) is 63.1 Å². The summed E-state index contributed by atoms with van der Waals surface area (Å²) in [4.78, 5) is 0. The molecule has 0 radical (unpaired) electrons. The van der Waals surface area contributed by atoms with E-state index in [1.165, 1.54) is 0 Å². The molecule has 0 aliphatic carbocycles. The second kappa shape index (κ2) is 10.8. The third-order valence-electron chi connectivity index (χ3n) is 3.57. The predicted octanol–water partition coefficient (Wildman–Crippen LogP) is 5.59. The molecule has 25 heavy (non-hydrogen) atoms. The summed E-state index contributed by atoms with van der Waals surface area (Å²) < 4.78 is 12.6. The lowest BCUT2D eigenvalue weighted by Crippen LogP contribution is -2.18. The van der Waals surface area contributed by atoms with E-state index in [9.17, 15) is 0 Å². The summed E-state index contributed by atoms with van der Waals surface area (Å²) >= 11 is 9.56. The maximum Gasteiger partial charge on any atom is 0.124 e. The highest BCUT2D eigenvalue weighted by atomic mass is 79.9. The molecule has 0 fully saturated rings. The van der Waals surface area contributed by atoms with Gasteiger partial charge in [0.05, 0.1) is 6.10 Å². The van der Waals surface area contributed by atoms with E-state index in [1.54, 1.807) is 0 Å². The predicted molar refractivity (Wildman–Crippen MR) is 107 cm³/mol. The number of benzene rings is 2.